The number of anilines is 2. The maximum Gasteiger partial charge on any atom is 0.237 e. The molecule has 3 rings (SSSR count). The number of nitrogens with zero attached hydrogens (tertiary/aromatic N) is 1. The van der Waals surface area contributed by atoms with Crippen LogP contribution in [0.15, 0.2) is 48.5 Å². The van der Waals surface area contributed by atoms with E-state index in [0.717, 1.165) is 0 Å². The van der Waals surface area contributed by atoms with Crippen LogP contribution in [-0.2, 0) is 25.8 Å². The van der Waals surface area contributed by atoms with Gasteiger partial charge >= 0.3 is 0 Å². The molecule has 0 atom stereocenters. The zero-order chi connectivity index (χ0) is 18.8. The maximum absolute atomic E-state index is 12.5. The van der Waals surface area contributed by atoms with Gasteiger partial charge in [0.15, 0.2) is 0 Å². The minimum absolute atomic E-state index is 0.0914. The van der Waals surface area contributed by atoms with E-state index in [9.17, 15) is 16.8 Å². The third kappa shape index (κ3) is 4.10. The zero-order valence-corrected chi connectivity index (χ0v) is 15.9. The second kappa shape index (κ2) is 7.16. The molecule has 1 fully saturated rings. The average Bonchev–Trinajstić information content (AvgIpc) is 2.94. The molecule has 140 valence electrons. The Kier molecular flexibility index (Phi) is 5.10. The average molecular weight is 396 g/mol. The van der Waals surface area contributed by atoms with Gasteiger partial charge in [0.1, 0.15) is 5.75 Å². The second-order valence-electron chi connectivity index (χ2n) is 5.97. The molecule has 0 spiro atoms. The van der Waals surface area contributed by atoms with Crippen molar-refractivity contribution in [3.05, 3.63) is 54.1 Å². The fourth-order valence-corrected chi connectivity index (χ4v) is 5.61. The van der Waals surface area contributed by atoms with Crippen LogP contribution >= 0.6 is 0 Å². The van der Waals surface area contributed by atoms with Gasteiger partial charge in [0, 0.05) is 6.54 Å². The second-order valence-corrected chi connectivity index (χ2v) is 9.71. The number of sulfonamides is 2. The first-order valence-corrected chi connectivity index (χ1v) is 11.3. The minimum atomic E-state index is -3.69. The van der Waals surface area contributed by atoms with Crippen molar-refractivity contribution in [2.45, 2.75) is 12.2 Å². The number of ether oxygens (including phenoxy) is 1. The van der Waals surface area contributed by atoms with E-state index < -0.39 is 20.0 Å². The summed E-state index contributed by atoms with van der Waals surface area (Å²) in [7, 11) is -5.61. The van der Waals surface area contributed by atoms with E-state index in [-0.39, 0.29) is 17.2 Å². The van der Waals surface area contributed by atoms with Gasteiger partial charge in [0.2, 0.25) is 20.0 Å². The number of nitrogens with one attached hydrogen (secondary N) is 1. The summed E-state index contributed by atoms with van der Waals surface area (Å²) >= 11 is 0. The van der Waals surface area contributed by atoms with Gasteiger partial charge in [-0.2, -0.15) is 0 Å². The van der Waals surface area contributed by atoms with Gasteiger partial charge in [-0.25, -0.2) is 16.8 Å². The van der Waals surface area contributed by atoms with Gasteiger partial charge in [0.25, 0.3) is 0 Å². The minimum Gasteiger partial charge on any atom is -0.495 e. The molecule has 1 saturated heterocycles. The van der Waals surface area contributed by atoms with Crippen LogP contribution in [0.4, 0.5) is 11.4 Å². The fraction of sp³-hybridized carbons (Fsp3) is 0.294. The van der Waals surface area contributed by atoms with E-state index >= 15 is 0 Å². The Labute approximate surface area is 153 Å². The van der Waals surface area contributed by atoms with E-state index in [2.05, 4.69) is 4.72 Å². The van der Waals surface area contributed by atoms with Gasteiger partial charge in [-0.05, 0) is 30.2 Å². The summed E-state index contributed by atoms with van der Waals surface area (Å²) in [5, 5.41) is 0. The van der Waals surface area contributed by atoms with Crippen LogP contribution in [0.5, 0.6) is 5.75 Å². The van der Waals surface area contributed by atoms with Crippen LogP contribution < -0.4 is 13.8 Å². The van der Waals surface area contributed by atoms with E-state index in [1.54, 1.807) is 36.4 Å². The first-order valence-electron chi connectivity index (χ1n) is 8.04. The lowest BCUT2D eigenvalue weighted by Crippen LogP contribution is -2.25. The van der Waals surface area contributed by atoms with Crippen molar-refractivity contribution in [3.8, 4) is 5.75 Å². The lowest BCUT2D eigenvalue weighted by Gasteiger charge is -2.19. The van der Waals surface area contributed by atoms with Crippen molar-refractivity contribution in [2.24, 2.45) is 0 Å². The van der Waals surface area contributed by atoms with Crippen LogP contribution in [0, 0.1) is 0 Å². The van der Waals surface area contributed by atoms with Crippen molar-refractivity contribution >= 4 is 31.4 Å². The summed E-state index contributed by atoms with van der Waals surface area (Å²) in [5.41, 5.74) is 1.28. The van der Waals surface area contributed by atoms with Crippen molar-refractivity contribution < 1.29 is 21.6 Å². The molecule has 26 heavy (non-hydrogen) atoms. The Morgan fingerprint density at radius 3 is 2.50 bits per heavy atom. The van der Waals surface area contributed by atoms with Crippen LogP contribution in [0.1, 0.15) is 12.0 Å². The van der Waals surface area contributed by atoms with E-state index in [4.69, 9.17) is 4.74 Å². The number of hydrogen-bond donors (Lipinski definition) is 1. The monoisotopic (exact) mass is 396 g/mol. The lowest BCUT2D eigenvalue weighted by atomic mass is 10.2. The van der Waals surface area contributed by atoms with Crippen LogP contribution in [0.3, 0.4) is 0 Å². The number of rotatable bonds is 6. The molecule has 2 aromatic rings. The highest BCUT2D eigenvalue weighted by molar-refractivity contribution is 7.93. The topological polar surface area (TPSA) is 92.8 Å². The molecular weight excluding hydrogens is 376 g/mol. The van der Waals surface area contributed by atoms with Crippen molar-refractivity contribution in [1.29, 1.82) is 0 Å². The van der Waals surface area contributed by atoms with Gasteiger partial charge in [0.05, 0.1) is 30.0 Å². The molecule has 0 unspecified atom stereocenters. The van der Waals surface area contributed by atoms with Crippen molar-refractivity contribution in [1.82, 2.24) is 0 Å². The van der Waals surface area contributed by atoms with E-state index in [0.29, 0.717) is 30.0 Å². The van der Waals surface area contributed by atoms with E-state index in [1.165, 1.54) is 17.5 Å². The highest BCUT2D eigenvalue weighted by atomic mass is 32.2. The Morgan fingerprint density at radius 1 is 1.15 bits per heavy atom. The third-order valence-corrected chi connectivity index (χ3v) is 7.15. The predicted octanol–water partition coefficient (Wildman–Crippen LogP) is 2.18. The van der Waals surface area contributed by atoms with Crippen LogP contribution in [0.2, 0.25) is 0 Å². The molecule has 2 aromatic carbocycles. The molecule has 1 N–H and O–H groups in total. The Bertz CT molecular complexity index is 989. The Hall–Kier alpha value is -2.26. The van der Waals surface area contributed by atoms with Gasteiger partial charge in [-0.15, -0.1) is 0 Å². The molecule has 1 heterocycles. The highest BCUT2D eigenvalue weighted by Gasteiger charge is 2.29. The maximum atomic E-state index is 12.5. The van der Waals surface area contributed by atoms with E-state index in [1.807, 2.05) is 6.07 Å². The Balaban J connectivity index is 1.90. The summed E-state index contributed by atoms with van der Waals surface area (Å²) in [4.78, 5) is 0. The summed E-state index contributed by atoms with van der Waals surface area (Å²) in [6.07, 6.45) is 0.545. The summed E-state index contributed by atoms with van der Waals surface area (Å²) in [6.45, 7) is 0.380. The first-order chi connectivity index (χ1) is 12.3. The first kappa shape index (κ1) is 18.5. The summed E-state index contributed by atoms with van der Waals surface area (Å²) in [6, 6.07) is 13.5. The molecule has 0 bridgehead atoms. The predicted molar refractivity (Wildman–Crippen MR) is 101 cm³/mol. The van der Waals surface area contributed by atoms with Gasteiger partial charge in [-0.1, -0.05) is 30.3 Å². The van der Waals surface area contributed by atoms with Gasteiger partial charge in [-0.3, -0.25) is 9.03 Å². The molecule has 9 heteroatoms. The summed E-state index contributed by atoms with van der Waals surface area (Å²) < 4.78 is 58.2. The number of methoxy groups -OCH3 is 1. The fourth-order valence-electron chi connectivity index (χ4n) is 2.86. The third-order valence-electron chi connectivity index (χ3n) is 4.04. The van der Waals surface area contributed by atoms with Crippen molar-refractivity contribution in [3.63, 3.8) is 0 Å². The largest absolute Gasteiger partial charge is 0.495 e. The SMILES string of the molecule is COc1ccc(N2CCCS2(=O)=O)cc1NS(=O)(=O)Cc1ccccc1. The quantitative estimate of drug-likeness (QED) is 0.808. The highest BCUT2D eigenvalue weighted by Crippen LogP contribution is 2.33. The number of hydrogen-bond acceptors (Lipinski definition) is 5. The smallest absolute Gasteiger partial charge is 0.237 e. The molecule has 0 aliphatic carbocycles. The Morgan fingerprint density at radius 2 is 1.88 bits per heavy atom. The molecule has 0 aromatic heterocycles. The zero-order valence-electron chi connectivity index (χ0n) is 14.3. The number of benzene rings is 2. The molecule has 1 aliphatic heterocycles. The lowest BCUT2D eigenvalue weighted by molar-refractivity contribution is 0.417. The van der Waals surface area contributed by atoms with Crippen LogP contribution in [0.25, 0.3) is 0 Å². The standard InChI is InChI=1S/C17H20N2O5S2/c1-24-17-9-8-15(19-10-5-11-26(19,22)23)12-16(17)18-25(20,21)13-14-6-3-2-4-7-14/h2-4,6-9,12,18H,5,10-11,13H2,1H3. The molecule has 7 nitrogen and oxygen atoms in total. The van der Waals surface area contributed by atoms with Crippen molar-refractivity contribution in [2.75, 3.05) is 28.4 Å². The summed E-state index contributed by atoms with van der Waals surface area (Å²) in [5.74, 6) is 0.221. The van der Waals surface area contributed by atoms with Gasteiger partial charge < -0.3 is 4.74 Å². The molecule has 0 radical (unpaired) electrons. The normalized spacial score (nSPS) is 16.4. The molecule has 1 aliphatic rings. The molecular formula is C17H20N2O5S2. The van der Waals surface area contributed by atoms with Crippen LogP contribution in [-0.4, -0.2) is 36.2 Å². The molecule has 0 amide bonds. The molecule has 0 saturated carbocycles.